The minimum atomic E-state index is -1.37. The molecule has 0 saturated heterocycles. The fourth-order valence-electron chi connectivity index (χ4n) is 1.01. The molecule has 1 atom stereocenters. The molecule has 98 valence electrons. The highest BCUT2D eigenvalue weighted by Gasteiger charge is 2.22. The first-order valence-electron chi connectivity index (χ1n) is 5.05. The van der Waals surface area contributed by atoms with E-state index >= 15 is 0 Å². The number of nitrogens with one attached hydrogen (secondary N) is 2. The topological polar surface area (TPSA) is 119 Å². The SMILES string of the molecule is CCN(CC(=O)NC)C(=O)NC(CO)C(=O)O. The van der Waals surface area contributed by atoms with Gasteiger partial charge in [0, 0.05) is 13.6 Å². The number of hydrogen-bond donors (Lipinski definition) is 4. The van der Waals surface area contributed by atoms with Gasteiger partial charge in [0.2, 0.25) is 5.91 Å². The van der Waals surface area contributed by atoms with Crippen LogP contribution in [0.5, 0.6) is 0 Å². The van der Waals surface area contributed by atoms with E-state index in [1.807, 2.05) is 0 Å². The Kier molecular flexibility index (Phi) is 6.64. The zero-order chi connectivity index (χ0) is 13.4. The van der Waals surface area contributed by atoms with Crippen molar-refractivity contribution in [1.82, 2.24) is 15.5 Å². The third kappa shape index (κ3) is 5.16. The Bertz CT molecular complexity index is 294. The van der Waals surface area contributed by atoms with Crippen molar-refractivity contribution in [3.8, 4) is 0 Å². The summed E-state index contributed by atoms with van der Waals surface area (Å²) in [6.07, 6.45) is 0. The average molecular weight is 247 g/mol. The Morgan fingerprint density at radius 1 is 1.35 bits per heavy atom. The van der Waals surface area contributed by atoms with Crippen molar-refractivity contribution in [1.29, 1.82) is 0 Å². The Labute approximate surface area is 98.6 Å². The monoisotopic (exact) mass is 247 g/mol. The van der Waals surface area contributed by atoms with Gasteiger partial charge in [-0.1, -0.05) is 0 Å². The van der Waals surface area contributed by atoms with Crippen molar-refractivity contribution in [3.05, 3.63) is 0 Å². The summed E-state index contributed by atoms with van der Waals surface area (Å²) in [5.74, 6) is -1.70. The molecule has 0 aliphatic heterocycles. The molecule has 0 radical (unpaired) electrons. The number of rotatable bonds is 6. The number of likely N-dealkylation sites (N-methyl/N-ethyl adjacent to an activating group) is 2. The summed E-state index contributed by atoms with van der Waals surface area (Å²) < 4.78 is 0. The van der Waals surface area contributed by atoms with Crippen LogP contribution >= 0.6 is 0 Å². The van der Waals surface area contributed by atoms with Gasteiger partial charge < -0.3 is 25.7 Å². The Morgan fingerprint density at radius 3 is 2.29 bits per heavy atom. The molecule has 3 amide bonds. The standard InChI is InChI=1S/C9H17N3O5/c1-3-12(4-7(14)10-2)9(17)11-6(5-13)8(15)16/h6,13H,3-5H2,1-2H3,(H,10,14)(H,11,17)(H,15,16). The normalized spacial score (nSPS) is 11.5. The number of aliphatic carboxylic acids is 1. The summed E-state index contributed by atoms with van der Waals surface area (Å²) in [6, 6.07) is -2.08. The van der Waals surface area contributed by atoms with Crippen molar-refractivity contribution in [2.24, 2.45) is 0 Å². The Hall–Kier alpha value is -1.83. The van der Waals surface area contributed by atoms with E-state index in [1.54, 1.807) is 6.92 Å². The van der Waals surface area contributed by atoms with Gasteiger partial charge in [-0.05, 0) is 6.92 Å². The van der Waals surface area contributed by atoms with Crippen LogP contribution in [0, 0.1) is 0 Å². The third-order valence-corrected chi connectivity index (χ3v) is 2.06. The predicted molar refractivity (Wildman–Crippen MR) is 58.4 cm³/mol. The number of carbonyl (C=O) groups is 3. The highest BCUT2D eigenvalue weighted by atomic mass is 16.4. The fraction of sp³-hybridized carbons (Fsp3) is 0.667. The molecule has 8 heteroatoms. The molecule has 0 aliphatic carbocycles. The van der Waals surface area contributed by atoms with Gasteiger partial charge in [0.05, 0.1) is 6.61 Å². The number of carbonyl (C=O) groups excluding carboxylic acids is 2. The first-order chi connectivity index (χ1) is 7.96. The van der Waals surface area contributed by atoms with Gasteiger partial charge in [-0.3, -0.25) is 4.79 Å². The van der Waals surface area contributed by atoms with Crippen LogP contribution in [0.25, 0.3) is 0 Å². The van der Waals surface area contributed by atoms with Gasteiger partial charge in [0.25, 0.3) is 0 Å². The summed E-state index contributed by atoms with van der Waals surface area (Å²) in [7, 11) is 1.43. The lowest BCUT2D eigenvalue weighted by Gasteiger charge is -2.22. The molecule has 0 rings (SSSR count). The number of aliphatic hydroxyl groups excluding tert-OH is 1. The van der Waals surface area contributed by atoms with E-state index in [9.17, 15) is 14.4 Å². The lowest BCUT2D eigenvalue weighted by atomic mass is 10.3. The molecule has 0 spiro atoms. The minimum absolute atomic E-state index is 0.170. The predicted octanol–water partition coefficient (Wildman–Crippen LogP) is -1.79. The summed E-state index contributed by atoms with van der Waals surface area (Å²) in [6.45, 7) is 1.02. The molecule has 8 nitrogen and oxygen atoms in total. The lowest BCUT2D eigenvalue weighted by molar-refractivity contribution is -0.140. The molecule has 1 unspecified atom stereocenters. The second-order valence-corrected chi connectivity index (χ2v) is 3.21. The van der Waals surface area contributed by atoms with E-state index < -0.39 is 24.6 Å². The number of carboxylic acid groups (broad SMARTS) is 1. The molecule has 0 aliphatic rings. The van der Waals surface area contributed by atoms with Crippen molar-refractivity contribution in [2.75, 3.05) is 26.7 Å². The van der Waals surface area contributed by atoms with E-state index in [2.05, 4.69) is 10.6 Å². The van der Waals surface area contributed by atoms with E-state index in [4.69, 9.17) is 10.2 Å². The van der Waals surface area contributed by atoms with Crippen LogP contribution < -0.4 is 10.6 Å². The maximum Gasteiger partial charge on any atom is 0.328 e. The molecular weight excluding hydrogens is 230 g/mol. The summed E-state index contributed by atoms with van der Waals surface area (Å²) in [4.78, 5) is 34.3. The first-order valence-corrected chi connectivity index (χ1v) is 5.05. The van der Waals surface area contributed by atoms with E-state index in [0.717, 1.165) is 4.90 Å². The largest absolute Gasteiger partial charge is 0.480 e. The highest BCUT2D eigenvalue weighted by Crippen LogP contribution is 1.92. The van der Waals surface area contributed by atoms with Crippen LogP contribution in [0.1, 0.15) is 6.92 Å². The first kappa shape index (κ1) is 15.2. The van der Waals surface area contributed by atoms with Gasteiger partial charge >= 0.3 is 12.0 Å². The third-order valence-electron chi connectivity index (χ3n) is 2.06. The Morgan fingerprint density at radius 2 is 1.94 bits per heavy atom. The summed E-state index contributed by atoms with van der Waals surface area (Å²) >= 11 is 0. The van der Waals surface area contributed by atoms with Gasteiger partial charge in [-0.15, -0.1) is 0 Å². The van der Waals surface area contributed by atoms with Crippen LogP contribution in [0.4, 0.5) is 4.79 Å². The van der Waals surface area contributed by atoms with Crippen LogP contribution in [0.2, 0.25) is 0 Å². The maximum atomic E-state index is 11.6. The second kappa shape index (κ2) is 7.44. The van der Waals surface area contributed by atoms with Crippen molar-refractivity contribution < 1.29 is 24.6 Å². The van der Waals surface area contributed by atoms with Crippen molar-refractivity contribution >= 4 is 17.9 Å². The molecule has 0 heterocycles. The molecule has 0 bridgehead atoms. The van der Waals surface area contributed by atoms with Crippen LogP contribution in [0.15, 0.2) is 0 Å². The number of carboxylic acids is 1. The zero-order valence-electron chi connectivity index (χ0n) is 9.77. The number of amides is 3. The van der Waals surface area contributed by atoms with Crippen molar-refractivity contribution in [2.45, 2.75) is 13.0 Å². The zero-order valence-corrected chi connectivity index (χ0v) is 9.77. The molecule has 4 N–H and O–H groups in total. The quantitative estimate of drug-likeness (QED) is 0.442. The van der Waals surface area contributed by atoms with Crippen LogP contribution in [-0.4, -0.2) is 65.8 Å². The smallest absolute Gasteiger partial charge is 0.328 e. The van der Waals surface area contributed by atoms with E-state index in [0.29, 0.717) is 0 Å². The van der Waals surface area contributed by atoms with Crippen molar-refractivity contribution in [3.63, 3.8) is 0 Å². The van der Waals surface area contributed by atoms with Gasteiger partial charge in [0.1, 0.15) is 6.54 Å². The van der Waals surface area contributed by atoms with Crippen LogP contribution in [-0.2, 0) is 9.59 Å². The highest BCUT2D eigenvalue weighted by molar-refractivity contribution is 5.86. The summed E-state index contributed by atoms with van der Waals surface area (Å²) in [5, 5.41) is 21.8. The number of hydrogen-bond acceptors (Lipinski definition) is 4. The minimum Gasteiger partial charge on any atom is -0.480 e. The molecule has 0 aromatic carbocycles. The Balaban J connectivity index is 4.43. The second-order valence-electron chi connectivity index (χ2n) is 3.21. The van der Waals surface area contributed by atoms with Crippen LogP contribution in [0.3, 0.4) is 0 Å². The molecular formula is C9H17N3O5. The number of nitrogens with zero attached hydrogens (tertiary/aromatic N) is 1. The maximum absolute atomic E-state index is 11.6. The van der Waals surface area contributed by atoms with E-state index in [-0.39, 0.29) is 19.0 Å². The number of urea groups is 1. The fourth-order valence-corrected chi connectivity index (χ4v) is 1.01. The van der Waals surface area contributed by atoms with Gasteiger partial charge in [-0.25, -0.2) is 9.59 Å². The number of aliphatic hydroxyl groups is 1. The molecule has 0 aromatic heterocycles. The van der Waals surface area contributed by atoms with E-state index in [1.165, 1.54) is 7.05 Å². The lowest BCUT2D eigenvalue weighted by Crippen LogP contribution is -2.51. The van der Waals surface area contributed by atoms with Gasteiger partial charge in [-0.2, -0.15) is 0 Å². The van der Waals surface area contributed by atoms with Gasteiger partial charge in [0.15, 0.2) is 6.04 Å². The molecule has 0 saturated carbocycles. The average Bonchev–Trinajstić information content (AvgIpc) is 2.31. The molecule has 0 fully saturated rings. The molecule has 0 aromatic rings. The summed E-state index contributed by atoms with van der Waals surface area (Å²) in [5.41, 5.74) is 0. The molecule has 17 heavy (non-hydrogen) atoms.